The summed E-state index contributed by atoms with van der Waals surface area (Å²) in [6.45, 7) is 2.93. The van der Waals surface area contributed by atoms with Crippen molar-refractivity contribution < 1.29 is 5.21 Å². The van der Waals surface area contributed by atoms with E-state index in [9.17, 15) is 0 Å². The first kappa shape index (κ1) is 14.8. The molecule has 18 heavy (non-hydrogen) atoms. The molecule has 1 rings (SSSR count). The van der Waals surface area contributed by atoms with E-state index >= 15 is 0 Å². The highest BCUT2D eigenvalue weighted by atomic mass is 35.5. The molecule has 1 atom stereocenters. The molecule has 0 saturated heterocycles. The highest BCUT2D eigenvalue weighted by Gasteiger charge is 2.07. The van der Waals surface area contributed by atoms with Gasteiger partial charge in [0.1, 0.15) is 5.84 Å². The SMILES string of the molecule is CCC(CC(N)=NO)NCCc1ccc(Cl)cc1. The minimum Gasteiger partial charge on any atom is -0.409 e. The van der Waals surface area contributed by atoms with E-state index in [1.54, 1.807) is 0 Å². The van der Waals surface area contributed by atoms with Gasteiger partial charge in [0.05, 0.1) is 0 Å². The summed E-state index contributed by atoms with van der Waals surface area (Å²) in [5.41, 5.74) is 6.74. The van der Waals surface area contributed by atoms with Crippen LogP contribution < -0.4 is 11.1 Å². The van der Waals surface area contributed by atoms with Gasteiger partial charge in [0.15, 0.2) is 0 Å². The number of nitrogens with zero attached hydrogens (tertiary/aromatic N) is 1. The Morgan fingerprint density at radius 2 is 2.11 bits per heavy atom. The van der Waals surface area contributed by atoms with E-state index in [1.165, 1.54) is 5.56 Å². The van der Waals surface area contributed by atoms with E-state index in [1.807, 2.05) is 24.3 Å². The van der Waals surface area contributed by atoms with Crippen LogP contribution in [0, 0.1) is 0 Å². The van der Waals surface area contributed by atoms with Gasteiger partial charge in [-0.2, -0.15) is 0 Å². The van der Waals surface area contributed by atoms with Crippen LogP contribution in [0.15, 0.2) is 29.4 Å². The van der Waals surface area contributed by atoms with Crippen LogP contribution in [-0.2, 0) is 6.42 Å². The third-order valence-corrected chi connectivity index (χ3v) is 3.09. The van der Waals surface area contributed by atoms with Gasteiger partial charge in [-0.1, -0.05) is 35.8 Å². The van der Waals surface area contributed by atoms with E-state index in [0.29, 0.717) is 6.42 Å². The number of rotatable bonds is 7. The lowest BCUT2D eigenvalue weighted by Gasteiger charge is -2.16. The van der Waals surface area contributed by atoms with Gasteiger partial charge in [-0.25, -0.2) is 0 Å². The van der Waals surface area contributed by atoms with Crippen LogP contribution in [0.2, 0.25) is 5.02 Å². The molecule has 1 unspecified atom stereocenters. The Morgan fingerprint density at radius 3 is 2.67 bits per heavy atom. The van der Waals surface area contributed by atoms with Crippen LogP contribution in [-0.4, -0.2) is 23.6 Å². The lowest BCUT2D eigenvalue weighted by atomic mass is 10.1. The molecule has 0 aliphatic rings. The Balaban J connectivity index is 2.33. The minimum absolute atomic E-state index is 0.244. The van der Waals surface area contributed by atoms with Crippen LogP contribution >= 0.6 is 11.6 Å². The van der Waals surface area contributed by atoms with Crippen molar-refractivity contribution in [1.29, 1.82) is 0 Å². The zero-order valence-electron chi connectivity index (χ0n) is 10.6. The van der Waals surface area contributed by atoms with E-state index in [-0.39, 0.29) is 11.9 Å². The third kappa shape index (κ3) is 5.38. The monoisotopic (exact) mass is 269 g/mol. The molecular weight excluding hydrogens is 250 g/mol. The molecule has 1 aromatic rings. The summed E-state index contributed by atoms with van der Waals surface area (Å²) in [5.74, 6) is 0.265. The lowest BCUT2D eigenvalue weighted by molar-refractivity contribution is 0.315. The smallest absolute Gasteiger partial charge is 0.140 e. The Labute approximate surface area is 113 Å². The second-order valence-electron chi connectivity index (χ2n) is 4.23. The quantitative estimate of drug-likeness (QED) is 0.308. The molecule has 0 radical (unpaired) electrons. The van der Waals surface area contributed by atoms with Crippen molar-refractivity contribution in [2.75, 3.05) is 6.54 Å². The number of nitrogens with two attached hydrogens (primary N) is 1. The lowest BCUT2D eigenvalue weighted by Crippen LogP contribution is -2.34. The summed E-state index contributed by atoms with van der Waals surface area (Å²) in [6.07, 6.45) is 2.44. The van der Waals surface area contributed by atoms with Gasteiger partial charge in [-0.15, -0.1) is 0 Å². The van der Waals surface area contributed by atoms with Gasteiger partial charge in [0.2, 0.25) is 0 Å². The first-order valence-corrected chi connectivity index (χ1v) is 6.47. The standard InChI is InChI=1S/C13H20ClN3O/c1-2-12(9-13(15)17-18)16-8-7-10-3-5-11(14)6-4-10/h3-6,12,16,18H,2,7-9H2,1H3,(H2,15,17). The second kappa shape index (κ2) is 7.95. The number of oxime groups is 1. The fraction of sp³-hybridized carbons (Fsp3) is 0.462. The maximum absolute atomic E-state index is 8.53. The van der Waals surface area contributed by atoms with E-state index in [4.69, 9.17) is 22.5 Å². The minimum atomic E-state index is 0.244. The maximum atomic E-state index is 8.53. The van der Waals surface area contributed by atoms with Crippen molar-refractivity contribution in [2.24, 2.45) is 10.9 Å². The van der Waals surface area contributed by atoms with Gasteiger partial charge in [-0.05, 0) is 37.1 Å². The molecule has 4 N–H and O–H groups in total. The van der Waals surface area contributed by atoms with E-state index in [2.05, 4.69) is 17.4 Å². The Kier molecular flexibility index (Phi) is 6.54. The molecule has 0 bridgehead atoms. The van der Waals surface area contributed by atoms with Gasteiger partial charge >= 0.3 is 0 Å². The highest BCUT2D eigenvalue weighted by Crippen LogP contribution is 2.09. The molecule has 0 amide bonds. The molecule has 4 nitrogen and oxygen atoms in total. The van der Waals surface area contributed by atoms with Crippen molar-refractivity contribution in [3.05, 3.63) is 34.9 Å². The molecule has 5 heteroatoms. The maximum Gasteiger partial charge on any atom is 0.140 e. The molecule has 1 aromatic carbocycles. The number of halogens is 1. The van der Waals surface area contributed by atoms with Crippen molar-refractivity contribution in [1.82, 2.24) is 5.32 Å². The fourth-order valence-corrected chi connectivity index (χ4v) is 1.85. The van der Waals surface area contributed by atoms with E-state index in [0.717, 1.165) is 24.4 Å². The molecule has 100 valence electrons. The molecule has 0 aliphatic carbocycles. The number of hydrogen-bond acceptors (Lipinski definition) is 3. The first-order valence-electron chi connectivity index (χ1n) is 6.10. The second-order valence-corrected chi connectivity index (χ2v) is 4.67. The largest absolute Gasteiger partial charge is 0.409 e. The Morgan fingerprint density at radius 1 is 1.44 bits per heavy atom. The average molecular weight is 270 g/mol. The average Bonchev–Trinajstić information content (AvgIpc) is 2.39. The number of benzene rings is 1. The summed E-state index contributed by atoms with van der Waals surface area (Å²) in [5, 5.41) is 15.7. The van der Waals surface area contributed by atoms with Crippen molar-refractivity contribution in [3.8, 4) is 0 Å². The summed E-state index contributed by atoms with van der Waals surface area (Å²) < 4.78 is 0. The first-order chi connectivity index (χ1) is 8.65. The molecule has 0 saturated carbocycles. The zero-order valence-corrected chi connectivity index (χ0v) is 11.3. The van der Waals surface area contributed by atoms with Crippen LogP contribution in [0.3, 0.4) is 0 Å². The fourth-order valence-electron chi connectivity index (χ4n) is 1.73. The van der Waals surface area contributed by atoms with Crippen molar-refractivity contribution in [2.45, 2.75) is 32.2 Å². The zero-order chi connectivity index (χ0) is 13.4. The number of hydrogen-bond donors (Lipinski definition) is 3. The summed E-state index contributed by atoms with van der Waals surface area (Å²) in [7, 11) is 0. The van der Waals surface area contributed by atoms with Crippen LogP contribution in [0.25, 0.3) is 0 Å². The van der Waals surface area contributed by atoms with Gasteiger partial charge in [0.25, 0.3) is 0 Å². The predicted octanol–water partition coefficient (Wildman–Crippen LogP) is 2.39. The van der Waals surface area contributed by atoms with E-state index < -0.39 is 0 Å². The summed E-state index contributed by atoms with van der Waals surface area (Å²) in [4.78, 5) is 0. The molecule has 0 fully saturated rings. The molecule has 0 aliphatic heterocycles. The molecule has 0 spiro atoms. The van der Waals surface area contributed by atoms with Crippen molar-refractivity contribution >= 4 is 17.4 Å². The highest BCUT2D eigenvalue weighted by molar-refractivity contribution is 6.30. The number of nitrogens with one attached hydrogen (secondary N) is 1. The molecule has 0 heterocycles. The third-order valence-electron chi connectivity index (χ3n) is 2.84. The van der Waals surface area contributed by atoms with Crippen LogP contribution in [0.5, 0.6) is 0 Å². The topological polar surface area (TPSA) is 70.6 Å². The van der Waals surface area contributed by atoms with Crippen molar-refractivity contribution in [3.63, 3.8) is 0 Å². The molecule has 0 aromatic heterocycles. The van der Waals surface area contributed by atoms with Gasteiger partial charge in [-0.3, -0.25) is 0 Å². The van der Waals surface area contributed by atoms with Gasteiger partial charge < -0.3 is 16.3 Å². The Bertz CT molecular complexity index is 378. The van der Waals surface area contributed by atoms with Crippen LogP contribution in [0.1, 0.15) is 25.3 Å². The van der Waals surface area contributed by atoms with Crippen LogP contribution in [0.4, 0.5) is 0 Å². The Hall–Kier alpha value is -1.26. The predicted molar refractivity (Wildman–Crippen MR) is 75.3 cm³/mol. The normalized spacial score (nSPS) is 13.6. The molecular formula is C13H20ClN3O. The summed E-state index contributed by atoms with van der Waals surface area (Å²) in [6, 6.07) is 8.08. The summed E-state index contributed by atoms with van der Waals surface area (Å²) >= 11 is 5.83. The number of amidine groups is 1. The van der Waals surface area contributed by atoms with Gasteiger partial charge in [0, 0.05) is 17.5 Å².